The Balaban J connectivity index is 1.10. The number of likely N-dealkylation sites (N-methyl/N-ethyl adjacent to an activating group) is 1. The van der Waals surface area contributed by atoms with Gasteiger partial charge in [0.25, 0.3) is 11.8 Å². The van der Waals surface area contributed by atoms with Crippen LogP contribution in [-0.2, 0) is 4.79 Å². The number of hydrogen-bond donors (Lipinski definition) is 2. The number of para-hydroxylation sites is 1. The summed E-state index contributed by atoms with van der Waals surface area (Å²) in [5.41, 5.74) is 3.77. The van der Waals surface area contributed by atoms with Gasteiger partial charge in [0.2, 0.25) is 5.95 Å². The summed E-state index contributed by atoms with van der Waals surface area (Å²) < 4.78 is 5.78. The molecule has 0 aliphatic carbocycles. The molecule has 10 nitrogen and oxygen atoms in total. The largest absolute Gasteiger partial charge is 0.490 e. The Morgan fingerprint density at radius 3 is 2.79 bits per heavy atom. The van der Waals surface area contributed by atoms with Crippen LogP contribution < -0.4 is 15.0 Å². The molecule has 2 aliphatic rings. The Labute approximate surface area is 255 Å². The molecule has 0 bridgehead atoms. The monoisotopic (exact) mass is 599 g/mol. The zero-order valence-electron chi connectivity index (χ0n) is 24.2. The van der Waals surface area contributed by atoms with Crippen molar-refractivity contribution in [3.8, 4) is 17.0 Å². The maximum absolute atomic E-state index is 13.5. The Kier molecular flexibility index (Phi) is 8.31. The number of aromatic amines is 1. The fourth-order valence-electron chi connectivity index (χ4n) is 5.52. The first kappa shape index (κ1) is 28.7. The summed E-state index contributed by atoms with van der Waals surface area (Å²) in [5, 5.41) is 4.97. The van der Waals surface area contributed by atoms with E-state index in [1.807, 2.05) is 60.4 Å². The van der Waals surface area contributed by atoms with Crippen molar-refractivity contribution in [2.75, 3.05) is 57.1 Å². The number of amides is 2. The molecule has 6 rings (SSSR count). The first-order valence-corrected chi connectivity index (χ1v) is 14.8. The van der Waals surface area contributed by atoms with Gasteiger partial charge in [0.05, 0.1) is 29.1 Å². The molecule has 0 radical (unpaired) electrons. The average molecular weight is 600 g/mol. The van der Waals surface area contributed by atoms with E-state index >= 15 is 0 Å². The normalized spacial score (nSPS) is 15.6. The summed E-state index contributed by atoms with van der Waals surface area (Å²) in [7, 11) is 3.90. The van der Waals surface area contributed by atoms with Crippen molar-refractivity contribution < 1.29 is 14.3 Å². The highest BCUT2D eigenvalue weighted by Gasteiger charge is 2.28. The minimum absolute atomic E-state index is 0.0632. The molecule has 0 spiro atoms. The number of nitrogens with one attached hydrogen (secondary N) is 2. The van der Waals surface area contributed by atoms with Crippen molar-refractivity contribution in [1.29, 1.82) is 0 Å². The highest BCUT2D eigenvalue weighted by molar-refractivity contribution is 6.33. The quantitative estimate of drug-likeness (QED) is 0.293. The van der Waals surface area contributed by atoms with E-state index in [2.05, 4.69) is 15.3 Å². The van der Waals surface area contributed by atoms with Crippen molar-refractivity contribution in [1.82, 2.24) is 24.8 Å². The van der Waals surface area contributed by atoms with Gasteiger partial charge < -0.3 is 29.7 Å². The van der Waals surface area contributed by atoms with Gasteiger partial charge in [-0.15, -0.1) is 0 Å². The number of hydrogen-bond acceptors (Lipinski definition) is 7. The number of ether oxygens (including phenoxy) is 1. The second-order valence-corrected chi connectivity index (χ2v) is 11.4. The summed E-state index contributed by atoms with van der Waals surface area (Å²) in [6, 6.07) is 13.5. The predicted octanol–water partition coefficient (Wildman–Crippen LogP) is 4.84. The van der Waals surface area contributed by atoms with Crippen molar-refractivity contribution in [3.05, 3.63) is 77.6 Å². The van der Waals surface area contributed by atoms with Gasteiger partial charge in [0.15, 0.2) is 0 Å². The number of halogens is 1. The van der Waals surface area contributed by atoms with Gasteiger partial charge in [-0.05, 0) is 51.2 Å². The third-order valence-corrected chi connectivity index (χ3v) is 8.05. The molecule has 0 unspecified atom stereocenters. The van der Waals surface area contributed by atoms with Crippen LogP contribution >= 0.6 is 11.6 Å². The Bertz CT molecular complexity index is 1680. The van der Waals surface area contributed by atoms with E-state index in [-0.39, 0.29) is 17.9 Å². The number of fused-ring (bicyclic) bond motifs is 2. The number of anilines is 2. The van der Waals surface area contributed by atoms with Gasteiger partial charge in [0.1, 0.15) is 12.4 Å². The molecule has 4 aromatic rings. The van der Waals surface area contributed by atoms with Crippen LogP contribution in [0, 0.1) is 0 Å². The minimum Gasteiger partial charge on any atom is -0.490 e. The van der Waals surface area contributed by atoms with Gasteiger partial charge in [-0.25, -0.2) is 9.97 Å². The number of benzene rings is 2. The highest BCUT2D eigenvalue weighted by Crippen LogP contribution is 2.34. The number of rotatable bonds is 7. The number of piperidine rings is 1. The Morgan fingerprint density at radius 1 is 1.16 bits per heavy atom. The van der Waals surface area contributed by atoms with E-state index in [0.29, 0.717) is 66.5 Å². The maximum Gasteiger partial charge on any atom is 0.253 e. The van der Waals surface area contributed by atoms with Crippen LogP contribution in [0.15, 0.2) is 67.0 Å². The lowest BCUT2D eigenvalue weighted by atomic mass is 10.0. The number of H-pyrrole nitrogens is 1. The molecule has 1 saturated heterocycles. The Morgan fingerprint density at radius 2 is 1.98 bits per heavy atom. The van der Waals surface area contributed by atoms with Crippen LogP contribution in [0.2, 0.25) is 5.02 Å². The number of aromatic nitrogens is 3. The average Bonchev–Trinajstić information content (AvgIpc) is 3.45. The third kappa shape index (κ3) is 6.21. The van der Waals surface area contributed by atoms with E-state index in [1.165, 1.54) is 0 Å². The molecule has 2 aromatic carbocycles. The summed E-state index contributed by atoms with van der Waals surface area (Å²) in [6.07, 6.45) is 8.44. The summed E-state index contributed by atoms with van der Waals surface area (Å²) >= 11 is 6.50. The maximum atomic E-state index is 13.5. The second kappa shape index (κ2) is 12.4. The molecular formula is C32H34ClN7O3. The van der Waals surface area contributed by atoms with Crippen LogP contribution in [0.25, 0.3) is 22.2 Å². The van der Waals surface area contributed by atoms with Crippen LogP contribution in [0.5, 0.6) is 5.75 Å². The van der Waals surface area contributed by atoms with Gasteiger partial charge >= 0.3 is 0 Å². The number of likely N-dealkylation sites (tertiary alicyclic amines) is 1. The van der Waals surface area contributed by atoms with Crippen molar-refractivity contribution in [2.45, 2.75) is 18.9 Å². The molecule has 4 heterocycles. The lowest BCUT2D eigenvalue weighted by Gasteiger charge is -2.33. The molecule has 43 heavy (non-hydrogen) atoms. The summed E-state index contributed by atoms with van der Waals surface area (Å²) in [5.74, 6) is 0.926. The third-order valence-electron chi connectivity index (χ3n) is 7.77. The standard InChI is InChI=1S/C32H34ClN7O3/c1-38(2)13-5-8-29(41)40-16-17-43-28-10-9-21(18-27(28)40)31(42)39-14-11-22(12-15-39)36-32-35-20-25(33)30(37-32)24-19-34-26-7-4-3-6-23(24)26/h3-10,18-20,22,34H,11-17H2,1-2H3,(H,35,36,37)/b8-5+. The molecule has 2 aromatic heterocycles. The molecule has 0 atom stereocenters. The van der Waals surface area contributed by atoms with Gasteiger partial charge in [-0.2, -0.15) is 0 Å². The van der Waals surface area contributed by atoms with Crippen molar-refractivity contribution in [2.24, 2.45) is 0 Å². The molecule has 11 heteroatoms. The smallest absolute Gasteiger partial charge is 0.253 e. The van der Waals surface area contributed by atoms with Crippen molar-refractivity contribution in [3.63, 3.8) is 0 Å². The zero-order chi connectivity index (χ0) is 29.9. The molecule has 2 amide bonds. The first-order chi connectivity index (χ1) is 20.9. The SMILES string of the molecule is CN(C)C/C=C/C(=O)N1CCOc2ccc(C(=O)N3CCC(Nc4ncc(Cl)c(-c5c[nH]c6ccccc56)n4)CC3)cc21. The predicted molar refractivity (Wildman–Crippen MR) is 169 cm³/mol. The number of nitrogens with zero attached hydrogens (tertiary/aromatic N) is 5. The summed E-state index contributed by atoms with van der Waals surface area (Å²) in [4.78, 5) is 44.4. The lowest BCUT2D eigenvalue weighted by Crippen LogP contribution is -2.42. The zero-order valence-corrected chi connectivity index (χ0v) is 25.0. The fraction of sp³-hybridized carbons (Fsp3) is 0.312. The minimum atomic E-state index is -0.125. The van der Waals surface area contributed by atoms with E-state index in [4.69, 9.17) is 21.3 Å². The van der Waals surface area contributed by atoms with Gasteiger partial charge in [0, 0.05) is 60.0 Å². The van der Waals surface area contributed by atoms with E-state index in [9.17, 15) is 9.59 Å². The molecule has 222 valence electrons. The molecular weight excluding hydrogens is 566 g/mol. The van der Waals surface area contributed by atoms with Gasteiger partial charge in [-0.1, -0.05) is 35.9 Å². The van der Waals surface area contributed by atoms with Crippen LogP contribution in [0.3, 0.4) is 0 Å². The molecule has 2 N–H and O–H groups in total. The Hall–Kier alpha value is -4.41. The van der Waals surface area contributed by atoms with E-state index in [1.54, 1.807) is 35.4 Å². The van der Waals surface area contributed by atoms with E-state index < -0.39 is 0 Å². The molecule has 1 fully saturated rings. The van der Waals surface area contributed by atoms with Crippen LogP contribution in [0.4, 0.5) is 11.6 Å². The fourth-order valence-corrected chi connectivity index (χ4v) is 5.71. The lowest BCUT2D eigenvalue weighted by molar-refractivity contribution is -0.114. The first-order valence-electron chi connectivity index (χ1n) is 14.4. The second-order valence-electron chi connectivity index (χ2n) is 11.0. The summed E-state index contributed by atoms with van der Waals surface area (Å²) in [6.45, 7) is 2.68. The van der Waals surface area contributed by atoms with Crippen LogP contribution in [-0.4, -0.2) is 89.5 Å². The van der Waals surface area contributed by atoms with Crippen molar-refractivity contribution >= 4 is 46.0 Å². The van der Waals surface area contributed by atoms with E-state index in [0.717, 1.165) is 29.3 Å². The topological polar surface area (TPSA) is 107 Å². The number of carbonyl (C=O) groups excluding carboxylic acids is 2. The van der Waals surface area contributed by atoms with Gasteiger partial charge in [-0.3, -0.25) is 9.59 Å². The highest BCUT2D eigenvalue weighted by atomic mass is 35.5. The molecule has 2 aliphatic heterocycles. The molecule has 0 saturated carbocycles. The number of carbonyl (C=O) groups is 2. The van der Waals surface area contributed by atoms with Crippen LogP contribution in [0.1, 0.15) is 23.2 Å².